The summed E-state index contributed by atoms with van der Waals surface area (Å²) >= 11 is 3.50. The summed E-state index contributed by atoms with van der Waals surface area (Å²) in [5.41, 5.74) is 1.24. The van der Waals surface area contributed by atoms with Gasteiger partial charge in [0, 0.05) is 57.3 Å². The third kappa shape index (κ3) is 5.54. The lowest BCUT2D eigenvalue weighted by Gasteiger charge is -2.22. The Morgan fingerprint density at radius 2 is 2.30 bits per heavy atom. The average molecular weight is 345 g/mol. The summed E-state index contributed by atoms with van der Waals surface area (Å²) in [6, 6.07) is 2.13. The van der Waals surface area contributed by atoms with Crippen LogP contribution in [-0.4, -0.2) is 49.3 Å². The van der Waals surface area contributed by atoms with Crippen LogP contribution in [-0.2, 0) is 18.3 Å². The smallest absolute Gasteiger partial charge is 0.194 e. The summed E-state index contributed by atoms with van der Waals surface area (Å²) in [6.07, 6.45) is 3.00. The fraction of sp³-hybridized carbons (Fsp3) is 0.643. The molecular formula is C14H25BrN4O. The summed E-state index contributed by atoms with van der Waals surface area (Å²) in [6.45, 7) is 5.29. The molecule has 0 unspecified atom stereocenters. The minimum atomic E-state index is 0.747. The van der Waals surface area contributed by atoms with E-state index >= 15 is 0 Å². The van der Waals surface area contributed by atoms with Crippen LogP contribution in [0.2, 0.25) is 0 Å². The molecule has 0 saturated heterocycles. The van der Waals surface area contributed by atoms with Crippen LogP contribution >= 0.6 is 15.9 Å². The number of aliphatic imine (C=N–C) groups is 1. The molecule has 20 heavy (non-hydrogen) atoms. The van der Waals surface area contributed by atoms with Gasteiger partial charge in [0.15, 0.2) is 5.96 Å². The van der Waals surface area contributed by atoms with Crippen LogP contribution < -0.4 is 5.32 Å². The van der Waals surface area contributed by atoms with Gasteiger partial charge in [0.2, 0.25) is 0 Å². The van der Waals surface area contributed by atoms with Gasteiger partial charge in [0.1, 0.15) is 0 Å². The van der Waals surface area contributed by atoms with Crippen molar-refractivity contribution in [3.63, 3.8) is 0 Å². The molecule has 6 heteroatoms. The minimum Gasteiger partial charge on any atom is -0.385 e. The SMILES string of the molecule is CCNC(=NCCCOC)N(C)Cc1cc(Br)cn1C. The summed E-state index contributed by atoms with van der Waals surface area (Å²) < 4.78 is 8.27. The van der Waals surface area contributed by atoms with Crippen LogP contribution in [0, 0.1) is 0 Å². The second kappa shape index (κ2) is 9.02. The minimum absolute atomic E-state index is 0.747. The van der Waals surface area contributed by atoms with Crippen LogP contribution in [0.5, 0.6) is 0 Å². The van der Waals surface area contributed by atoms with Gasteiger partial charge in [0.05, 0.1) is 6.54 Å². The fourth-order valence-corrected chi connectivity index (χ4v) is 2.48. The second-order valence-electron chi connectivity index (χ2n) is 4.70. The number of methoxy groups -OCH3 is 1. The first-order chi connectivity index (χ1) is 9.58. The number of rotatable bonds is 7. The Hall–Kier alpha value is -1.01. The molecule has 1 aromatic heterocycles. The van der Waals surface area contributed by atoms with Crippen molar-refractivity contribution in [2.45, 2.75) is 19.9 Å². The van der Waals surface area contributed by atoms with Gasteiger partial charge in [-0.1, -0.05) is 0 Å². The predicted molar refractivity (Wildman–Crippen MR) is 87.1 cm³/mol. The van der Waals surface area contributed by atoms with Crippen molar-refractivity contribution in [3.05, 3.63) is 22.4 Å². The van der Waals surface area contributed by atoms with Crippen molar-refractivity contribution < 1.29 is 4.74 Å². The third-order valence-electron chi connectivity index (χ3n) is 2.94. The van der Waals surface area contributed by atoms with Crippen LogP contribution in [0.4, 0.5) is 0 Å². The lowest BCUT2D eigenvalue weighted by molar-refractivity contribution is 0.197. The molecule has 0 radical (unpaired) electrons. The maximum atomic E-state index is 5.05. The molecule has 114 valence electrons. The highest BCUT2D eigenvalue weighted by molar-refractivity contribution is 9.10. The van der Waals surface area contributed by atoms with E-state index in [0.29, 0.717) is 0 Å². The third-order valence-corrected chi connectivity index (χ3v) is 3.37. The highest BCUT2D eigenvalue weighted by Crippen LogP contribution is 2.14. The number of aryl methyl sites for hydroxylation is 1. The summed E-state index contributed by atoms with van der Waals surface area (Å²) in [5, 5.41) is 3.32. The number of hydrogen-bond acceptors (Lipinski definition) is 2. The van der Waals surface area contributed by atoms with E-state index in [4.69, 9.17) is 4.74 Å². The number of guanidine groups is 1. The Balaban J connectivity index is 2.63. The molecule has 0 saturated carbocycles. The Kier molecular flexibility index (Phi) is 7.69. The quantitative estimate of drug-likeness (QED) is 0.468. The first-order valence-corrected chi connectivity index (χ1v) is 7.67. The average Bonchev–Trinajstić information content (AvgIpc) is 2.71. The first-order valence-electron chi connectivity index (χ1n) is 6.87. The van der Waals surface area contributed by atoms with Gasteiger partial charge in [-0.15, -0.1) is 0 Å². The Morgan fingerprint density at radius 3 is 2.85 bits per heavy atom. The van der Waals surface area contributed by atoms with E-state index in [2.05, 4.69) is 69.0 Å². The van der Waals surface area contributed by atoms with Crippen LogP contribution in [0.3, 0.4) is 0 Å². The Labute approximate surface area is 130 Å². The number of halogens is 1. The van der Waals surface area contributed by atoms with Crippen molar-refractivity contribution in [2.75, 3.05) is 33.9 Å². The number of hydrogen-bond donors (Lipinski definition) is 1. The molecule has 5 nitrogen and oxygen atoms in total. The predicted octanol–water partition coefficient (Wildman–Crippen LogP) is 2.22. The Morgan fingerprint density at radius 1 is 1.55 bits per heavy atom. The Bertz CT molecular complexity index is 431. The molecule has 1 heterocycles. The van der Waals surface area contributed by atoms with Crippen molar-refractivity contribution in [2.24, 2.45) is 12.0 Å². The van der Waals surface area contributed by atoms with E-state index in [1.165, 1.54) is 5.69 Å². The van der Waals surface area contributed by atoms with Crippen molar-refractivity contribution in [1.29, 1.82) is 0 Å². The second-order valence-corrected chi connectivity index (χ2v) is 5.61. The number of nitrogens with one attached hydrogen (secondary N) is 1. The van der Waals surface area contributed by atoms with Gasteiger partial charge in [-0.3, -0.25) is 4.99 Å². The molecule has 1 N–H and O–H groups in total. The molecule has 0 spiro atoms. The van der Waals surface area contributed by atoms with E-state index in [-0.39, 0.29) is 0 Å². The number of aromatic nitrogens is 1. The largest absolute Gasteiger partial charge is 0.385 e. The monoisotopic (exact) mass is 344 g/mol. The standard InChI is InChI=1S/C14H25BrN4O/c1-5-16-14(17-7-6-8-20-4)19(3)11-13-9-12(15)10-18(13)2/h9-10H,5-8,11H2,1-4H3,(H,16,17). The molecule has 1 aromatic rings. The van der Waals surface area contributed by atoms with E-state index in [9.17, 15) is 0 Å². The molecule has 1 rings (SSSR count). The van der Waals surface area contributed by atoms with E-state index in [1.54, 1.807) is 7.11 Å². The van der Waals surface area contributed by atoms with Crippen molar-refractivity contribution >= 4 is 21.9 Å². The maximum Gasteiger partial charge on any atom is 0.194 e. The number of nitrogens with zero attached hydrogens (tertiary/aromatic N) is 3. The molecule has 0 aliphatic rings. The van der Waals surface area contributed by atoms with Gasteiger partial charge >= 0.3 is 0 Å². The van der Waals surface area contributed by atoms with Gasteiger partial charge in [0.25, 0.3) is 0 Å². The first kappa shape index (κ1) is 17.0. The zero-order chi connectivity index (χ0) is 15.0. The zero-order valence-electron chi connectivity index (χ0n) is 12.8. The molecule has 0 aromatic carbocycles. The molecule has 0 bridgehead atoms. The summed E-state index contributed by atoms with van der Waals surface area (Å²) in [7, 11) is 5.82. The molecule has 0 fully saturated rings. The van der Waals surface area contributed by atoms with Gasteiger partial charge in [-0.25, -0.2) is 0 Å². The lowest BCUT2D eigenvalue weighted by Crippen LogP contribution is -2.38. The fourth-order valence-electron chi connectivity index (χ4n) is 1.90. The van der Waals surface area contributed by atoms with Crippen LogP contribution in [0.25, 0.3) is 0 Å². The van der Waals surface area contributed by atoms with Crippen LogP contribution in [0.1, 0.15) is 19.0 Å². The summed E-state index contributed by atoms with van der Waals surface area (Å²) in [4.78, 5) is 6.75. The van der Waals surface area contributed by atoms with Gasteiger partial charge in [-0.05, 0) is 35.3 Å². The van der Waals surface area contributed by atoms with Crippen molar-refractivity contribution in [1.82, 2.24) is 14.8 Å². The van der Waals surface area contributed by atoms with Gasteiger partial charge in [-0.2, -0.15) is 0 Å². The van der Waals surface area contributed by atoms with Crippen LogP contribution in [0.15, 0.2) is 21.7 Å². The highest BCUT2D eigenvalue weighted by atomic mass is 79.9. The number of ether oxygens (including phenoxy) is 1. The molecule has 0 aliphatic heterocycles. The normalized spacial score (nSPS) is 11.8. The zero-order valence-corrected chi connectivity index (χ0v) is 14.4. The van der Waals surface area contributed by atoms with E-state index < -0.39 is 0 Å². The lowest BCUT2D eigenvalue weighted by atomic mass is 10.4. The maximum absolute atomic E-state index is 5.05. The molecular weight excluding hydrogens is 320 g/mol. The van der Waals surface area contributed by atoms with E-state index in [0.717, 1.165) is 43.1 Å². The molecule has 0 atom stereocenters. The highest BCUT2D eigenvalue weighted by Gasteiger charge is 2.09. The van der Waals surface area contributed by atoms with Crippen molar-refractivity contribution in [3.8, 4) is 0 Å². The van der Waals surface area contributed by atoms with Gasteiger partial charge < -0.3 is 19.5 Å². The summed E-state index contributed by atoms with van der Waals surface area (Å²) in [5.74, 6) is 0.931. The topological polar surface area (TPSA) is 41.8 Å². The van der Waals surface area contributed by atoms with E-state index in [1.807, 2.05) is 0 Å². The molecule has 0 amide bonds. The molecule has 0 aliphatic carbocycles.